The maximum Gasteiger partial charge on any atom is 0.324 e. The number of nitrogens with one attached hydrogen (secondary N) is 1. The van der Waals surface area contributed by atoms with Gasteiger partial charge < -0.3 is 15.2 Å². The smallest absolute Gasteiger partial charge is 0.324 e. The van der Waals surface area contributed by atoms with Crippen molar-refractivity contribution >= 4 is 27.6 Å². The fourth-order valence-corrected chi connectivity index (χ4v) is 3.18. The van der Waals surface area contributed by atoms with Crippen molar-refractivity contribution < 1.29 is 32.6 Å². The average molecular weight is 398 g/mol. The van der Waals surface area contributed by atoms with E-state index in [0.29, 0.717) is 11.3 Å². The Morgan fingerprint density at radius 1 is 1.30 bits per heavy atom. The summed E-state index contributed by atoms with van der Waals surface area (Å²) in [6, 6.07) is 4.75. The lowest BCUT2D eigenvalue weighted by Crippen LogP contribution is -2.40. The largest absolute Gasteiger partial charge is 0.491 e. The maximum absolute atomic E-state index is 12.2. The summed E-state index contributed by atoms with van der Waals surface area (Å²) >= 11 is 0. The lowest BCUT2D eigenvalue weighted by molar-refractivity contribution is -0.128. The first-order valence-corrected chi connectivity index (χ1v) is 10.3. The van der Waals surface area contributed by atoms with Gasteiger partial charge in [-0.3, -0.25) is 14.5 Å². The molecule has 2 rings (SSSR count). The Morgan fingerprint density at radius 3 is 2.48 bits per heavy atom. The molecular weight excluding hydrogens is 376 g/mol. The number of ketones is 1. The average Bonchev–Trinajstić information content (AvgIpc) is 2.85. The fourth-order valence-electron chi connectivity index (χ4n) is 2.52. The highest BCUT2D eigenvalue weighted by Crippen LogP contribution is 2.14. The molecule has 0 unspecified atom stereocenters. The number of hydrogen-bond donors (Lipinski definition) is 2. The standard InChI is InChI=1S/C17H22N2O7S/c1-11(20)12-3-5-14(6-4-12)26-10-13(21)9-19-16(22)15(18-17(19)23)7-8-27(2,24)25/h3-6,13,15,21H,7-10H2,1-2H3,(H,18,23)/t13-,15+/m1/s1. The second-order valence-electron chi connectivity index (χ2n) is 6.41. The molecule has 1 fully saturated rings. The minimum atomic E-state index is -3.25. The Morgan fingerprint density at radius 2 is 1.93 bits per heavy atom. The zero-order valence-electron chi connectivity index (χ0n) is 15.0. The summed E-state index contributed by atoms with van der Waals surface area (Å²) in [5.41, 5.74) is 0.530. The van der Waals surface area contributed by atoms with Crippen LogP contribution in [0.1, 0.15) is 23.7 Å². The highest BCUT2D eigenvalue weighted by Gasteiger charge is 2.38. The molecule has 2 N–H and O–H groups in total. The molecule has 0 aromatic heterocycles. The van der Waals surface area contributed by atoms with Crippen molar-refractivity contribution in [2.75, 3.05) is 25.2 Å². The zero-order chi connectivity index (χ0) is 20.2. The molecule has 9 nitrogen and oxygen atoms in total. The van der Waals surface area contributed by atoms with E-state index in [1.165, 1.54) is 6.92 Å². The van der Waals surface area contributed by atoms with E-state index in [2.05, 4.69) is 5.32 Å². The van der Waals surface area contributed by atoms with Crippen LogP contribution in [0.3, 0.4) is 0 Å². The number of urea groups is 1. The second kappa shape index (κ2) is 8.49. The third-order valence-corrected chi connectivity index (χ3v) is 4.96. The van der Waals surface area contributed by atoms with Crippen LogP contribution in [0.25, 0.3) is 0 Å². The van der Waals surface area contributed by atoms with Crippen LogP contribution in [0.2, 0.25) is 0 Å². The molecule has 1 aliphatic heterocycles. The van der Waals surface area contributed by atoms with Crippen LogP contribution in [0.5, 0.6) is 5.75 Å². The van der Waals surface area contributed by atoms with Crippen LogP contribution < -0.4 is 10.1 Å². The van der Waals surface area contributed by atoms with Gasteiger partial charge in [-0.25, -0.2) is 13.2 Å². The van der Waals surface area contributed by atoms with Gasteiger partial charge in [0, 0.05) is 11.8 Å². The summed E-state index contributed by atoms with van der Waals surface area (Å²) < 4.78 is 27.8. The molecule has 0 radical (unpaired) electrons. The Kier molecular flexibility index (Phi) is 6.55. The van der Waals surface area contributed by atoms with Crippen LogP contribution in [0.15, 0.2) is 24.3 Å². The van der Waals surface area contributed by atoms with E-state index in [0.717, 1.165) is 11.2 Å². The molecule has 0 bridgehead atoms. The number of carbonyl (C=O) groups excluding carboxylic acids is 3. The molecule has 1 aliphatic rings. The molecule has 1 saturated heterocycles. The van der Waals surface area contributed by atoms with Gasteiger partial charge in [0.05, 0.1) is 12.3 Å². The van der Waals surface area contributed by atoms with Crippen molar-refractivity contribution in [3.05, 3.63) is 29.8 Å². The molecular formula is C17H22N2O7S. The zero-order valence-corrected chi connectivity index (χ0v) is 15.9. The van der Waals surface area contributed by atoms with E-state index in [9.17, 15) is 27.9 Å². The van der Waals surface area contributed by atoms with Gasteiger partial charge in [-0.2, -0.15) is 0 Å². The number of β-amino-alcohol motifs (C(OH)–C–C–N with tert-alkyl or cyclic N) is 1. The predicted molar refractivity (Wildman–Crippen MR) is 96.3 cm³/mol. The van der Waals surface area contributed by atoms with E-state index < -0.39 is 33.9 Å². The normalized spacial score (nSPS) is 18.3. The molecule has 0 saturated carbocycles. The first kappa shape index (κ1) is 20.8. The summed E-state index contributed by atoms with van der Waals surface area (Å²) in [5.74, 6) is -0.444. The maximum atomic E-state index is 12.2. The highest BCUT2D eigenvalue weighted by atomic mass is 32.2. The van der Waals surface area contributed by atoms with Gasteiger partial charge in [-0.15, -0.1) is 0 Å². The van der Waals surface area contributed by atoms with Crippen molar-refractivity contribution in [1.82, 2.24) is 10.2 Å². The van der Waals surface area contributed by atoms with Gasteiger partial charge in [0.25, 0.3) is 5.91 Å². The van der Waals surface area contributed by atoms with E-state index in [1.54, 1.807) is 24.3 Å². The Bertz CT molecular complexity index is 820. The van der Waals surface area contributed by atoms with Crippen molar-refractivity contribution in [3.63, 3.8) is 0 Å². The van der Waals surface area contributed by atoms with Crippen molar-refractivity contribution in [2.45, 2.75) is 25.5 Å². The predicted octanol–water partition coefficient (Wildman–Crippen LogP) is -0.0160. The van der Waals surface area contributed by atoms with Gasteiger partial charge >= 0.3 is 6.03 Å². The number of sulfone groups is 1. The van der Waals surface area contributed by atoms with Crippen molar-refractivity contribution in [2.24, 2.45) is 0 Å². The van der Waals surface area contributed by atoms with Crippen LogP contribution >= 0.6 is 0 Å². The minimum Gasteiger partial charge on any atom is -0.491 e. The van der Waals surface area contributed by atoms with Gasteiger partial charge in [0.2, 0.25) is 0 Å². The van der Waals surface area contributed by atoms with E-state index in [4.69, 9.17) is 4.74 Å². The van der Waals surface area contributed by atoms with Crippen LogP contribution in [-0.4, -0.2) is 73.5 Å². The monoisotopic (exact) mass is 398 g/mol. The number of ether oxygens (including phenoxy) is 1. The van der Waals surface area contributed by atoms with Gasteiger partial charge in [0.15, 0.2) is 5.78 Å². The first-order valence-electron chi connectivity index (χ1n) is 8.28. The molecule has 3 amide bonds. The number of rotatable bonds is 9. The number of benzene rings is 1. The molecule has 0 spiro atoms. The number of aliphatic hydroxyl groups excluding tert-OH is 1. The molecule has 10 heteroatoms. The summed E-state index contributed by atoms with van der Waals surface area (Å²) in [7, 11) is -3.25. The third kappa shape index (κ3) is 6.04. The number of imide groups is 1. The van der Waals surface area contributed by atoms with Gasteiger partial charge in [-0.1, -0.05) is 0 Å². The first-order chi connectivity index (χ1) is 12.6. The highest BCUT2D eigenvalue weighted by molar-refractivity contribution is 7.90. The number of hydrogen-bond acceptors (Lipinski definition) is 7. The van der Waals surface area contributed by atoms with Crippen LogP contribution in [0.4, 0.5) is 4.79 Å². The van der Waals surface area contributed by atoms with Crippen LogP contribution in [-0.2, 0) is 14.6 Å². The van der Waals surface area contributed by atoms with Crippen molar-refractivity contribution in [3.8, 4) is 5.75 Å². The molecule has 2 atom stereocenters. The lowest BCUT2D eigenvalue weighted by Gasteiger charge is -2.18. The number of Topliss-reactive ketones (excluding diaryl/α,β-unsaturated/α-hetero) is 1. The van der Waals surface area contributed by atoms with Crippen molar-refractivity contribution in [1.29, 1.82) is 0 Å². The molecule has 1 aromatic rings. The van der Waals surface area contributed by atoms with Gasteiger partial charge in [-0.05, 0) is 37.6 Å². The SMILES string of the molecule is CC(=O)c1ccc(OC[C@H](O)CN2C(=O)N[C@@H](CCS(C)(=O)=O)C2=O)cc1. The van der Waals surface area contributed by atoms with Gasteiger partial charge in [0.1, 0.15) is 34.3 Å². The summed E-state index contributed by atoms with van der Waals surface area (Å²) in [6.07, 6.45) is -0.0914. The summed E-state index contributed by atoms with van der Waals surface area (Å²) in [4.78, 5) is 36.2. The quantitative estimate of drug-likeness (QED) is 0.442. The minimum absolute atomic E-state index is 0.0188. The Balaban J connectivity index is 1.85. The lowest BCUT2D eigenvalue weighted by atomic mass is 10.1. The molecule has 27 heavy (non-hydrogen) atoms. The van der Waals surface area contributed by atoms with E-state index in [1.807, 2.05) is 0 Å². The molecule has 1 heterocycles. The number of aliphatic hydroxyl groups is 1. The second-order valence-corrected chi connectivity index (χ2v) is 8.67. The fraction of sp³-hybridized carbons (Fsp3) is 0.471. The van der Waals surface area contributed by atoms with E-state index in [-0.39, 0.29) is 31.1 Å². The van der Waals surface area contributed by atoms with Crippen LogP contribution in [0, 0.1) is 0 Å². The molecule has 1 aromatic carbocycles. The molecule has 148 valence electrons. The van der Waals surface area contributed by atoms with E-state index >= 15 is 0 Å². The number of amides is 3. The topological polar surface area (TPSA) is 130 Å². The Hall–Kier alpha value is -2.46. The number of nitrogens with zero attached hydrogens (tertiary/aromatic N) is 1. The summed E-state index contributed by atoms with van der Waals surface area (Å²) in [5, 5.41) is 12.5. The molecule has 0 aliphatic carbocycles. The third-order valence-electron chi connectivity index (χ3n) is 3.98. The Labute approximate surface area is 157 Å². The number of carbonyl (C=O) groups is 3. The summed E-state index contributed by atoms with van der Waals surface area (Å²) in [6.45, 7) is 1.01.